The van der Waals surface area contributed by atoms with E-state index in [0.717, 1.165) is 23.9 Å². The van der Waals surface area contributed by atoms with Gasteiger partial charge in [0.05, 0.1) is 0 Å². The van der Waals surface area contributed by atoms with Crippen LogP contribution in [0.3, 0.4) is 0 Å². The Morgan fingerprint density at radius 1 is 1.47 bits per heavy atom. The third-order valence-corrected chi connectivity index (χ3v) is 3.30. The SMILES string of the molecule is CCCNC(C)Cc1nc(-c2ncccc2Br)no1. The van der Waals surface area contributed by atoms with Gasteiger partial charge in [-0.05, 0) is 48.0 Å². The van der Waals surface area contributed by atoms with E-state index in [2.05, 4.69) is 50.2 Å². The fraction of sp³-hybridized carbons (Fsp3) is 0.462. The van der Waals surface area contributed by atoms with E-state index in [-0.39, 0.29) is 0 Å². The Morgan fingerprint density at radius 3 is 3.05 bits per heavy atom. The third-order valence-electron chi connectivity index (χ3n) is 2.66. The minimum atomic E-state index is 0.320. The maximum Gasteiger partial charge on any atom is 0.228 e. The third kappa shape index (κ3) is 3.84. The summed E-state index contributed by atoms with van der Waals surface area (Å²) in [7, 11) is 0. The summed E-state index contributed by atoms with van der Waals surface area (Å²) in [5.74, 6) is 1.15. The highest BCUT2D eigenvalue weighted by atomic mass is 79.9. The van der Waals surface area contributed by atoms with Gasteiger partial charge in [0.15, 0.2) is 0 Å². The minimum absolute atomic E-state index is 0.320. The average molecular weight is 325 g/mol. The van der Waals surface area contributed by atoms with Crippen molar-refractivity contribution in [2.75, 3.05) is 6.54 Å². The summed E-state index contributed by atoms with van der Waals surface area (Å²) in [5.41, 5.74) is 0.701. The van der Waals surface area contributed by atoms with Gasteiger partial charge in [0.2, 0.25) is 11.7 Å². The molecule has 0 saturated carbocycles. The van der Waals surface area contributed by atoms with Crippen molar-refractivity contribution >= 4 is 15.9 Å². The number of nitrogens with zero attached hydrogens (tertiary/aromatic N) is 3. The van der Waals surface area contributed by atoms with Gasteiger partial charge < -0.3 is 9.84 Å². The van der Waals surface area contributed by atoms with E-state index in [1.54, 1.807) is 6.20 Å². The Kier molecular flexibility index (Phi) is 5.04. The van der Waals surface area contributed by atoms with Crippen LogP contribution < -0.4 is 5.32 Å². The van der Waals surface area contributed by atoms with Gasteiger partial charge >= 0.3 is 0 Å². The second-order valence-electron chi connectivity index (χ2n) is 4.40. The molecule has 0 radical (unpaired) electrons. The number of hydrogen-bond acceptors (Lipinski definition) is 5. The number of rotatable bonds is 6. The first-order valence-electron chi connectivity index (χ1n) is 6.37. The Labute approximate surface area is 121 Å². The molecule has 0 aliphatic carbocycles. The van der Waals surface area contributed by atoms with Gasteiger partial charge in [-0.15, -0.1) is 0 Å². The Hall–Kier alpha value is -1.27. The van der Waals surface area contributed by atoms with E-state index < -0.39 is 0 Å². The molecular weight excluding hydrogens is 308 g/mol. The zero-order valence-electron chi connectivity index (χ0n) is 11.1. The smallest absolute Gasteiger partial charge is 0.228 e. The first-order chi connectivity index (χ1) is 9.20. The molecule has 0 aliphatic rings. The summed E-state index contributed by atoms with van der Waals surface area (Å²) in [6.45, 7) is 5.24. The van der Waals surface area contributed by atoms with Crippen LogP contribution in [-0.4, -0.2) is 27.7 Å². The maximum absolute atomic E-state index is 5.26. The van der Waals surface area contributed by atoms with Crippen LogP contribution in [0.1, 0.15) is 26.2 Å². The van der Waals surface area contributed by atoms with Gasteiger partial charge in [0, 0.05) is 23.1 Å². The lowest BCUT2D eigenvalue weighted by molar-refractivity contribution is 0.362. The Morgan fingerprint density at radius 2 is 2.32 bits per heavy atom. The second-order valence-corrected chi connectivity index (χ2v) is 5.26. The van der Waals surface area contributed by atoms with Crippen molar-refractivity contribution in [3.63, 3.8) is 0 Å². The highest BCUT2D eigenvalue weighted by molar-refractivity contribution is 9.10. The molecule has 102 valence electrons. The van der Waals surface area contributed by atoms with Gasteiger partial charge in [0.25, 0.3) is 0 Å². The molecule has 1 unspecified atom stereocenters. The lowest BCUT2D eigenvalue weighted by Gasteiger charge is -2.09. The summed E-state index contributed by atoms with van der Waals surface area (Å²) in [6, 6.07) is 4.08. The fourth-order valence-electron chi connectivity index (χ4n) is 1.71. The molecule has 2 aromatic rings. The molecule has 1 N–H and O–H groups in total. The van der Waals surface area contributed by atoms with Crippen molar-refractivity contribution in [2.24, 2.45) is 0 Å². The van der Waals surface area contributed by atoms with Crippen LogP contribution in [0.2, 0.25) is 0 Å². The lowest BCUT2D eigenvalue weighted by Crippen LogP contribution is -2.28. The van der Waals surface area contributed by atoms with E-state index in [1.165, 1.54) is 0 Å². The molecule has 0 saturated heterocycles. The standard InChI is InChI=1S/C13H17BrN4O/c1-3-6-15-9(2)8-11-17-13(18-19-11)12-10(14)5-4-7-16-12/h4-5,7,9,15H,3,6,8H2,1-2H3. The van der Waals surface area contributed by atoms with Crippen molar-refractivity contribution in [3.05, 3.63) is 28.7 Å². The first kappa shape index (κ1) is 14.1. The molecule has 2 heterocycles. The molecule has 0 amide bonds. The number of aromatic nitrogens is 3. The average Bonchev–Trinajstić information content (AvgIpc) is 2.85. The molecule has 19 heavy (non-hydrogen) atoms. The van der Waals surface area contributed by atoms with E-state index in [1.807, 2.05) is 12.1 Å². The van der Waals surface area contributed by atoms with Crippen molar-refractivity contribution in [1.82, 2.24) is 20.4 Å². The Balaban J connectivity index is 2.05. The molecule has 0 aliphatic heterocycles. The molecule has 2 rings (SSSR count). The topological polar surface area (TPSA) is 63.8 Å². The molecule has 0 aromatic carbocycles. The molecule has 6 heteroatoms. The fourth-order valence-corrected chi connectivity index (χ4v) is 2.14. The zero-order valence-corrected chi connectivity index (χ0v) is 12.6. The largest absolute Gasteiger partial charge is 0.339 e. The molecular formula is C13H17BrN4O. The predicted octanol–water partition coefficient (Wildman–Crippen LogP) is 2.82. The van der Waals surface area contributed by atoms with Crippen LogP contribution in [0.4, 0.5) is 0 Å². The van der Waals surface area contributed by atoms with E-state index >= 15 is 0 Å². The van der Waals surface area contributed by atoms with E-state index in [4.69, 9.17) is 4.52 Å². The van der Waals surface area contributed by atoms with Gasteiger partial charge in [0.1, 0.15) is 5.69 Å². The van der Waals surface area contributed by atoms with Crippen LogP contribution >= 0.6 is 15.9 Å². The summed E-state index contributed by atoms with van der Waals surface area (Å²) in [4.78, 5) is 8.62. The van der Waals surface area contributed by atoms with E-state index in [9.17, 15) is 0 Å². The van der Waals surface area contributed by atoms with Gasteiger partial charge in [-0.25, -0.2) is 0 Å². The van der Waals surface area contributed by atoms with Crippen LogP contribution in [0.5, 0.6) is 0 Å². The molecule has 1 atom stereocenters. The van der Waals surface area contributed by atoms with Crippen molar-refractivity contribution in [1.29, 1.82) is 0 Å². The minimum Gasteiger partial charge on any atom is -0.339 e. The van der Waals surface area contributed by atoms with Crippen molar-refractivity contribution < 1.29 is 4.52 Å². The zero-order chi connectivity index (χ0) is 13.7. The monoisotopic (exact) mass is 324 g/mol. The summed E-state index contributed by atoms with van der Waals surface area (Å²) in [5, 5.41) is 7.36. The molecule has 0 fully saturated rings. The summed E-state index contributed by atoms with van der Waals surface area (Å²) < 4.78 is 6.12. The quantitative estimate of drug-likeness (QED) is 0.885. The molecule has 5 nitrogen and oxygen atoms in total. The predicted molar refractivity (Wildman–Crippen MR) is 76.7 cm³/mol. The van der Waals surface area contributed by atoms with Crippen molar-refractivity contribution in [2.45, 2.75) is 32.7 Å². The molecule has 0 spiro atoms. The van der Waals surface area contributed by atoms with Gasteiger partial charge in [-0.3, -0.25) is 4.98 Å². The maximum atomic E-state index is 5.26. The highest BCUT2D eigenvalue weighted by Gasteiger charge is 2.14. The van der Waals surface area contributed by atoms with Crippen molar-refractivity contribution in [3.8, 4) is 11.5 Å². The first-order valence-corrected chi connectivity index (χ1v) is 7.17. The number of halogens is 1. The normalized spacial score (nSPS) is 12.6. The lowest BCUT2D eigenvalue weighted by atomic mass is 10.2. The Bertz CT molecular complexity index is 529. The highest BCUT2D eigenvalue weighted by Crippen LogP contribution is 2.22. The van der Waals surface area contributed by atoms with Crippen LogP contribution in [-0.2, 0) is 6.42 Å². The van der Waals surface area contributed by atoms with Gasteiger partial charge in [-0.1, -0.05) is 12.1 Å². The summed E-state index contributed by atoms with van der Waals surface area (Å²) in [6.07, 6.45) is 3.54. The second kappa shape index (κ2) is 6.77. The van der Waals surface area contributed by atoms with Crippen LogP contribution in [0.15, 0.2) is 27.3 Å². The molecule has 2 aromatic heterocycles. The molecule has 0 bridgehead atoms. The summed E-state index contributed by atoms with van der Waals surface area (Å²) >= 11 is 3.43. The number of pyridine rings is 1. The van der Waals surface area contributed by atoms with E-state index in [0.29, 0.717) is 23.5 Å². The van der Waals surface area contributed by atoms with Gasteiger partial charge in [-0.2, -0.15) is 4.98 Å². The number of nitrogens with one attached hydrogen (secondary N) is 1. The van der Waals surface area contributed by atoms with Crippen LogP contribution in [0.25, 0.3) is 11.5 Å². The van der Waals surface area contributed by atoms with Crippen LogP contribution in [0, 0.1) is 0 Å². The number of hydrogen-bond donors (Lipinski definition) is 1.